The van der Waals surface area contributed by atoms with Gasteiger partial charge in [-0.3, -0.25) is 4.79 Å². The van der Waals surface area contributed by atoms with Crippen molar-refractivity contribution in [2.45, 2.75) is 13.5 Å². The van der Waals surface area contributed by atoms with E-state index in [0.717, 1.165) is 22.2 Å². The van der Waals surface area contributed by atoms with Crippen LogP contribution in [-0.2, 0) is 11.3 Å². The molecule has 0 fully saturated rings. The lowest BCUT2D eigenvalue weighted by molar-refractivity contribution is -0.119. The monoisotopic (exact) mass is 346 g/mol. The van der Waals surface area contributed by atoms with Crippen molar-refractivity contribution in [1.82, 2.24) is 10.3 Å². The Bertz CT molecular complexity index is 921. The van der Waals surface area contributed by atoms with E-state index in [4.69, 9.17) is 16.3 Å². The third-order valence-corrected chi connectivity index (χ3v) is 4.07. The lowest BCUT2D eigenvalue weighted by Gasteiger charge is -2.08. The standard InChI is InChI=1S/C18H16ClFN2O2/c1-10(23)21-9-13-5-12-6-15(19)14(8-17(12)22-13)11-3-4-18(24-2)16(20)7-11/h3-8,22H,9H2,1-2H3,(H,21,23). The average molecular weight is 347 g/mol. The van der Waals surface area contributed by atoms with Gasteiger partial charge in [-0.1, -0.05) is 17.7 Å². The number of aromatic nitrogens is 1. The van der Waals surface area contributed by atoms with Crippen LogP contribution >= 0.6 is 11.6 Å². The first-order valence-corrected chi connectivity index (χ1v) is 7.75. The van der Waals surface area contributed by atoms with Gasteiger partial charge in [0, 0.05) is 34.1 Å². The predicted molar refractivity (Wildman–Crippen MR) is 92.8 cm³/mol. The Morgan fingerprint density at radius 3 is 2.75 bits per heavy atom. The number of methoxy groups -OCH3 is 1. The van der Waals surface area contributed by atoms with E-state index in [1.54, 1.807) is 12.1 Å². The maximum Gasteiger partial charge on any atom is 0.217 e. The van der Waals surface area contributed by atoms with Crippen molar-refractivity contribution in [3.05, 3.63) is 52.9 Å². The second-order valence-electron chi connectivity index (χ2n) is 5.47. The molecule has 0 radical (unpaired) electrons. The molecule has 1 aromatic heterocycles. The number of carbonyl (C=O) groups excluding carboxylic acids is 1. The summed E-state index contributed by atoms with van der Waals surface area (Å²) in [6.07, 6.45) is 0. The molecule has 2 aromatic carbocycles. The Hall–Kier alpha value is -2.53. The zero-order valence-electron chi connectivity index (χ0n) is 13.2. The molecule has 24 heavy (non-hydrogen) atoms. The van der Waals surface area contributed by atoms with Crippen LogP contribution in [0.4, 0.5) is 4.39 Å². The predicted octanol–water partition coefficient (Wildman–Crippen LogP) is 4.27. The van der Waals surface area contributed by atoms with Crippen LogP contribution in [0.1, 0.15) is 12.6 Å². The third kappa shape index (κ3) is 3.21. The van der Waals surface area contributed by atoms with Crippen molar-refractivity contribution in [2.75, 3.05) is 7.11 Å². The van der Waals surface area contributed by atoms with Crippen LogP contribution < -0.4 is 10.1 Å². The third-order valence-electron chi connectivity index (χ3n) is 3.75. The molecule has 6 heteroatoms. The van der Waals surface area contributed by atoms with E-state index in [2.05, 4.69) is 10.3 Å². The van der Waals surface area contributed by atoms with Gasteiger partial charge in [0.2, 0.25) is 5.91 Å². The van der Waals surface area contributed by atoms with Crippen molar-refractivity contribution in [3.63, 3.8) is 0 Å². The minimum Gasteiger partial charge on any atom is -0.494 e. The van der Waals surface area contributed by atoms with Gasteiger partial charge in [0.25, 0.3) is 0 Å². The molecule has 3 aromatic rings. The summed E-state index contributed by atoms with van der Waals surface area (Å²) in [7, 11) is 1.42. The van der Waals surface area contributed by atoms with Crippen molar-refractivity contribution in [1.29, 1.82) is 0 Å². The minimum atomic E-state index is -0.441. The quantitative estimate of drug-likeness (QED) is 0.741. The van der Waals surface area contributed by atoms with Gasteiger partial charge in [0.15, 0.2) is 11.6 Å². The zero-order valence-corrected chi connectivity index (χ0v) is 14.0. The van der Waals surface area contributed by atoms with Crippen molar-refractivity contribution >= 4 is 28.4 Å². The molecule has 4 nitrogen and oxygen atoms in total. The molecule has 3 rings (SSSR count). The molecule has 124 valence electrons. The number of carbonyl (C=O) groups is 1. The first-order valence-electron chi connectivity index (χ1n) is 7.37. The van der Waals surface area contributed by atoms with E-state index in [0.29, 0.717) is 17.1 Å². The van der Waals surface area contributed by atoms with E-state index in [9.17, 15) is 9.18 Å². The molecular formula is C18H16ClFN2O2. The summed E-state index contributed by atoms with van der Waals surface area (Å²) in [6, 6.07) is 10.3. The first kappa shape index (κ1) is 16.3. The van der Waals surface area contributed by atoms with Gasteiger partial charge in [-0.05, 0) is 35.9 Å². The minimum absolute atomic E-state index is 0.0962. The lowest BCUT2D eigenvalue weighted by atomic mass is 10.0. The number of benzene rings is 2. The van der Waals surface area contributed by atoms with Crippen LogP contribution in [0, 0.1) is 5.82 Å². The Balaban J connectivity index is 2.00. The maximum atomic E-state index is 13.9. The van der Waals surface area contributed by atoms with E-state index < -0.39 is 5.82 Å². The second-order valence-corrected chi connectivity index (χ2v) is 5.88. The van der Waals surface area contributed by atoms with Gasteiger partial charge in [-0.15, -0.1) is 0 Å². The number of amides is 1. The van der Waals surface area contributed by atoms with Gasteiger partial charge in [0.1, 0.15) is 0 Å². The highest BCUT2D eigenvalue weighted by atomic mass is 35.5. The summed E-state index contributed by atoms with van der Waals surface area (Å²) in [5, 5.41) is 4.19. The summed E-state index contributed by atoms with van der Waals surface area (Å²) in [5.74, 6) is -0.349. The van der Waals surface area contributed by atoms with Crippen LogP contribution in [0.2, 0.25) is 5.02 Å². The van der Waals surface area contributed by atoms with Gasteiger partial charge in [0.05, 0.1) is 13.7 Å². The highest BCUT2D eigenvalue weighted by Crippen LogP contribution is 2.34. The zero-order chi connectivity index (χ0) is 17.3. The number of H-pyrrole nitrogens is 1. The second kappa shape index (κ2) is 6.53. The molecule has 1 heterocycles. The largest absolute Gasteiger partial charge is 0.494 e. The van der Waals surface area contributed by atoms with Gasteiger partial charge in [-0.25, -0.2) is 4.39 Å². The van der Waals surface area contributed by atoms with Crippen LogP contribution in [0.5, 0.6) is 5.75 Å². The Labute approximate surface area is 143 Å². The summed E-state index contributed by atoms with van der Waals surface area (Å²) < 4.78 is 18.9. The fourth-order valence-electron chi connectivity index (χ4n) is 2.58. The van der Waals surface area contributed by atoms with Crippen molar-refractivity contribution in [3.8, 4) is 16.9 Å². The first-order chi connectivity index (χ1) is 11.5. The smallest absolute Gasteiger partial charge is 0.217 e. The number of aromatic amines is 1. The molecule has 0 aliphatic carbocycles. The lowest BCUT2D eigenvalue weighted by Crippen LogP contribution is -2.18. The van der Waals surface area contributed by atoms with E-state index in [1.807, 2.05) is 18.2 Å². The SMILES string of the molecule is COc1ccc(-c2cc3[nH]c(CNC(C)=O)cc3cc2Cl)cc1F. The van der Waals surface area contributed by atoms with Gasteiger partial charge < -0.3 is 15.0 Å². The Morgan fingerprint density at radius 1 is 1.29 bits per heavy atom. The molecule has 1 amide bonds. The number of hydrogen-bond donors (Lipinski definition) is 2. The number of nitrogens with one attached hydrogen (secondary N) is 2. The normalized spacial score (nSPS) is 10.8. The van der Waals surface area contributed by atoms with Gasteiger partial charge in [-0.2, -0.15) is 0 Å². The molecule has 0 bridgehead atoms. The molecule has 0 saturated heterocycles. The van der Waals surface area contributed by atoms with E-state index >= 15 is 0 Å². The maximum absolute atomic E-state index is 13.9. The van der Waals surface area contributed by atoms with E-state index in [1.165, 1.54) is 20.1 Å². The molecule has 0 spiro atoms. The molecular weight excluding hydrogens is 331 g/mol. The molecule has 2 N–H and O–H groups in total. The number of hydrogen-bond acceptors (Lipinski definition) is 2. The highest BCUT2D eigenvalue weighted by Gasteiger charge is 2.11. The summed E-state index contributed by atoms with van der Waals surface area (Å²) in [4.78, 5) is 14.3. The fraction of sp³-hybridized carbons (Fsp3) is 0.167. The number of halogens is 2. The highest BCUT2D eigenvalue weighted by molar-refractivity contribution is 6.34. The Morgan fingerprint density at radius 2 is 2.08 bits per heavy atom. The van der Waals surface area contributed by atoms with Crippen LogP contribution in [0.3, 0.4) is 0 Å². The molecule has 0 unspecified atom stereocenters. The number of rotatable bonds is 4. The van der Waals surface area contributed by atoms with Crippen molar-refractivity contribution in [2.24, 2.45) is 0 Å². The average Bonchev–Trinajstić information content (AvgIpc) is 2.93. The van der Waals surface area contributed by atoms with Crippen LogP contribution in [0.25, 0.3) is 22.0 Å². The molecule has 0 saturated carbocycles. The molecule has 0 aliphatic heterocycles. The summed E-state index contributed by atoms with van der Waals surface area (Å²) >= 11 is 6.36. The van der Waals surface area contributed by atoms with Crippen LogP contribution in [0.15, 0.2) is 36.4 Å². The summed E-state index contributed by atoms with van der Waals surface area (Å²) in [5.41, 5.74) is 3.12. The van der Waals surface area contributed by atoms with E-state index in [-0.39, 0.29) is 11.7 Å². The van der Waals surface area contributed by atoms with Crippen molar-refractivity contribution < 1.29 is 13.9 Å². The molecule has 0 aliphatic rings. The molecule has 0 atom stereocenters. The summed E-state index contributed by atoms with van der Waals surface area (Å²) in [6.45, 7) is 1.88. The number of ether oxygens (including phenoxy) is 1. The number of fused-ring (bicyclic) bond motifs is 1. The van der Waals surface area contributed by atoms with Crippen LogP contribution in [-0.4, -0.2) is 18.0 Å². The Kier molecular flexibility index (Phi) is 4.44. The fourth-order valence-corrected chi connectivity index (χ4v) is 2.86. The topological polar surface area (TPSA) is 54.1 Å². The van der Waals surface area contributed by atoms with Gasteiger partial charge >= 0.3 is 0 Å².